The van der Waals surface area contributed by atoms with Gasteiger partial charge < -0.3 is 9.84 Å². The number of hydrogen-bond acceptors (Lipinski definition) is 4. The maximum Gasteiger partial charge on any atom is 0.337 e. The van der Waals surface area contributed by atoms with E-state index in [2.05, 4.69) is 4.99 Å². The summed E-state index contributed by atoms with van der Waals surface area (Å²) in [4.78, 5) is 27.8. The quantitative estimate of drug-likeness (QED) is 0.831. The third kappa shape index (κ3) is 1.82. The van der Waals surface area contributed by atoms with Crippen molar-refractivity contribution < 1.29 is 19.4 Å². The lowest BCUT2D eigenvalue weighted by Crippen LogP contribution is -2.33. The van der Waals surface area contributed by atoms with Gasteiger partial charge in [-0.1, -0.05) is 30.3 Å². The molecule has 2 atom stereocenters. The average Bonchev–Trinajstić information content (AvgIpc) is 2.79. The number of cyclic esters (lactones) is 1. The summed E-state index contributed by atoms with van der Waals surface area (Å²) < 4.78 is 5.01. The first-order chi connectivity index (χ1) is 9.59. The summed E-state index contributed by atoms with van der Waals surface area (Å²) in [7, 11) is 0. The highest BCUT2D eigenvalue weighted by Gasteiger charge is 2.44. The molecule has 5 heteroatoms. The smallest absolute Gasteiger partial charge is 0.337 e. The zero-order valence-electron chi connectivity index (χ0n) is 10.9. The van der Waals surface area contributed by atoms with E-state index in [-0.39, 0.29) is 6.61 Å². The Bertz CT molecular complexity index is 645. The molecule has 0 spiro atoms. The number of ether oxygens (including phenoxy) is 1. The van der Waals surface area contributed by atoms with Crippen LogP contribution in [-0.2, 0) is 14.3 Å². The van der Waals surface area contributed by atoms with Crippen molar-refractivity contribution in [2.24, 2.45) is 10.9 Å². The molecule has 5 nitrogen and oxygen atoms in total. The highest BCUT2D eigenvalue weighted by atomic mass is 16.5. The summed E-state index contributed by atoms with van der Waals surface area (Å²) in [5.74, 6) is -2.80. The first kappa shape index (κ1) is 12.6. The third-order valence-electron chi connectivity index (χ3n) is 3.70. The number of carboxylic acid groups (broad SMARTS) is 1. The highest BCUT2D eigenvalue weighted by Crippen LogP contribution is 2.41. The number of carbonyl (C=O) groups is 2. The van der Waals surface area contributed by atoms with Gasteiger partial charge in [0, 0.05) is 11.6 Å². The second-order valence-electron chi connectivity index (χ2n) is 4.89. The zero-order valence-corrected chi connectivity index (χ0v) is 10.9. The van der Waals surface area contributed by atoms with Crippen molar-refractivity contribution in [2.75, 3.05) is 6.61 Å². The molecule has 0 aliphatic carbocycles. The number of aliphatic imine (C=N–C) groups is 1. The van der Waals surface area contributed by atoms with E-state index in [9.17, 15) is 14.7 Å². The predicted molar refractivity (Wildman–Crippen MR) is 71.4 cm³/mol. The fourth-order valence-electron chi connectivity index (χ4n) is 2.84. The normalized spacial score (nSPS) is 25.1. The minimum absolute atomic E-state index is 0.126. The molecule has 0 bridgehead atoms. The van der Waals surface area contributed by atoms with Crippen LogP contribution in [0.4, 0.5) is 0 Å². The Kier molecular flexibility index (Phi) is 2.89. The van der Waals surface area contributed by atoms with Gasteiger partial charge in [-0.25, -0.2) is 4.79 Å². The summed E-state index contributed by atoms with van der Waals surface area (Å²) in [6, 6.07) is 9.17. The molecule has 0 fully saturated rings. The van der Waals surface area contributed by atoms with Crippen LogP contribution < -0.4 is 0 Å². The zero-order chi connectivity index (χ0) is 14.3. The lowest BCUT2D eigenvalue weighted by atomic mass is 9.76. The maximum atomic E-state index is 11.9. The van der Waals surface area contributed by atoms with Crippen LogP contribution in [0, 0.1) is 5.92 Å². The Morgan fingerprint density at radius 1 is 1.35 bits per heavy atom. The third-order valence-corrected chi connectivity index (χ3v) is 3.70. The molecular weight excluding hydrogens is 258 g/mol. The number of rotatable bonds is 2. The van der Waals surface area contributed by atoms with Gasteiger partial charge in [0.05, 0.1) is 11.3 Å². The van der Waals surface area contributed by atoms with Gasteiger partial charge in [0.25, 0.3) is 0 Å². The molecule has 0 saturated carbocycles. The van der Waals surface area contributed by atoms with E-state index in [1.807, 2.05) is 30.3 Å². The Morgan fingerprint density at radius 2 is 2.05 bits per heavy atom. The van der Waals surface area contributed by atoms with E-state index in [1.54, 1.807) is 6.92 Å². The fraction of sp³-hybridized carbons (Fsp3) is 0.267. The van der Waals surface area contributed by atoms with Crippen LogP contribution in [0.5, 0.6) is 0 Å². The molecule has 1 aromatic rings. The van der Waals surface area contributed by atoms with Gasteiger partial charge in [-0.05, 0) is 12.5 Å². The van der Waals surface area contributed by atoms with E-state index in [1.165, 1.54) is 0 Å². The topological polar surface area (TPSA) is 76.0 Å². The summed E-state index contributed by atoms with van der Waals surface area (Å²) in [5, 5.41) is 9.49. The predicted octanol–water partition coefficient (Wildman–Crippen LogP) is 1.76. The van der Waals surface area contributed by atoms with Crippen LogP contribution >= 0.6 is 0 Å². The summed E-state index contributed by atoms with van der Waals surface area (Å²) in [5.41, 5.74) is 2.23. The van der Waals surface area contributed by atoms with Gasteiger partial charge in [0.1, 0.15) is 12.5 Å². The minimum atomic E-state index is -0.980. The van der Waals surface area contributed by atoms with Crippen LogP contribution in [0.2, 0.25) is 0 Å². The molecule has 0 aromatic heterocycles. The second kappa shape index (κ2) is 4.59. The summed E-state index contributed by atoms with van der Waals surface area (Å²) >= 11 is 0. The molecule has 0 saturated heterocycles. The van der Waals surface area contributed by atoms with E-state index < -0.39 is 23.8 Å². The largest absolute Gasteiger partial charge is 0.481 e. The molecule has 20 heavy (non-hydrogen) atoms. The molecule has 3 rings (SSSR count). The molecule has 0 amide bonds. The standard InChI is InChI=1S/C15H13NO4/c1-8-11(14(17)18)12(9-5-3-2-4-6-9)13-10(16-8)7-20-15(13)19/h2-6,11-12H,7H2,1H3,(H,17,18). The van der Waals surface area contributed by atoms with Gasteiger partial charge in [0.2, 0.25) is 0 Å². The average molecular weight is 271 g/mol. The van der Waals surface area contributed by atoms with E-state index in [4.69, 9.17) is 4.74 Å². The fourth-order valence-corrected chi connectivity index (χ4v) is 2.84. The number of benzene rings is 1. The number of nitrogens with zero attached hydrogens (tertiary/aromatic N) is 1. The van der Waals surface area contributed by atoms with Crippen molar-refractivity contribution in [2.45, 2.75) is 12.8 Å². The van der Waals surface area contributed by atoms with Crippen LogP contribution in [0.25, 0.3) is 0 Å². The molecule has 0 radical (unpaired) electrons. The number of carboxylic acids is 1. The van der Waals surface area contributed by atoms with Crippen LogP contribution in [0.15, 0.2) is 46.6 Å². The van der Waals surface area contributed by atoms with E-state index in [0.29, 0.717) is 17.0 Å². The number of carbonyl (C=O) groups excluding carboxylic acids is 1. The second-order valence-corrected chi connectivity index (χ2v) is 4.89. The van der Waals surface area contributed by atoms with Gasteiger partial charge >= 0.3 is 11.9 Å². The van der Waals surface area contributed by atoms with Crippen molar-refractivity contribution in [3.63, 3.8) is 0 Å². The van der Waals surface area contributed by atoms with Crippen molar-refractivity contribution >= 4 is 17.7 Å². The maximum absolute atomic E-state index is 11.9. The summed E-state index contributed by atoms with van der Waals surface area (Å²) in [6.07, 6.45) is 0. The molecule has 2 aliphatic heterocycles. The van der Waals surface area contributed by atoms with Gasteiger partial charge in [-0.15, -0.1) is 0 Å². The van der Waals surface area contributed by atoms with E-state index in [0.717, 1.165) is 5.56 Å². The highest BCUT2D eigenvalue weighted by molar-refractivity contribution is 6.07. The molecule has 1 N–H and O–H groups in total. The Balaban J connectivity index is 2.18. The van der Waals surface area contributed by atoms with Crippen LogP contribution in [0.1, 0.15) is 18.4 Å². The lowest BCUT2D eigenvalue weighted by Gasteiger charge is -2.27. The minimum Gasteiger partial charge on any atom is -0.481 e. The molecule has 2 heterocycles. The molecular formula is C15H13NO4. The molecule has 2 unspecified atom stereocenters. The van der Waals surface area contributed by atoms with Gasteiger partial charge in [-0.2, -0.15) is 0 Å². The van der Waals surface area contributed by atoms with Crippen molar-refractivity contribution in [1.82, 2.24) is 0 Å². The Hall–Kier alpha value is -2.43. The monoisotopic (exact) mass is 271 g/mol. The van der Waals surface area contributed by atoms with Crippen molar-refractivity contribution in [3.8, 4) is 0 Å². The number of esters is 1. The Labute approximate surface area is 115 Å². The van der Waals surface area contributed by atoms with Gasteiger partial charge in [-0.3, -0.25) is 9.79 Å². The first-order valence-corrected chi connectivity index (χ1v) is 6.32. The SMILES string of the molecule is CC1=NC2=C(C(=O)OC2)C(c2ccccc2)C1C(=O)O. The van der Waals surface area contributed by atoms with Crippen molar-refractivity contribution in [1.29, 1.82) is 0 Å². The van der Waals surface area contributed by atoms with E-state index >= 15 is 0 Å². The first-order valence-electron chi connectivity index (χ1n) is 6.32. The number of hydrogen-bond donors (Lipinski definition) is 1. The molecule has 102 valence electrons. The van der Waals surface area contributed by atoms with Crippen molar-refractivity contribution in [3.05, 3.63) is 47.2 Å². The Morgan fingerprint density at radius 3 is 2.70 bits per heavy atom. The van der Waals surface area contributed by atoms with Crippen LogP contribution in [0.3, 0.4) is 0 Å². The summed E-state index contributed by atoms with van der Waals surface area (Å²) in [6.45, 7) is 1.81. The molecule has 1 aromatic carbocycles. The van der Waals surface area contributed by atoms with Crippen LogP contribution in [-0.4, -0.2) is 29.4 Å². The van der Waals surface area contributed by atoms with Gasteiger partial charge in [0.15, 0.2) is 0 Å². The number of aliphatic carboxylic acids is 1. The molecule has 2 aliphatic rings. The lowest BCUT2D eigenvalue weighted by molar-refractivity contribution is -0.140.